The summed E-state index contributed by atoms with van der Waals surface area (Å²) in [5.74, 6) is 0.166. The lowest BCUT2D eigenvalue weighted by molar-refractivity contribution is -0.000185. The number of hydrogen-bond acceptors (Lipinski definition) is 6. The number of aromatic nitrogens is 3. The molecule has 1 aliphatic heterocycles. The lowest BCUT2D eigenvalue weighted by Crippen LogP contribution is -2.51. The van der Waals surface area contributed by atoms with Gasteiger partial charge in [0.05, 0.1) is 4.90 Å². The van der Waals surface area contributed by atoms with Gasteiger partial charge in [-0.05, 0) is 26.0 Å². The van der Waals surface area contributed by atoms with Crippen LogP contribution < -0.4 is 0 Å². The van der Waals surface area contributed by atoms with Gasteiger partial charge in [-0.25, -0.2) is 12.8 Å². The molecule has 4 rings (SSSR count). The molecule has 1 aromatic heterocycles. The maximum atomic E-state index is 14.7. The largest absolute Gasteiger partial charge is 0.379 e. The fourth-order valence-corrected chi connectivity index (χ4v) is 5.32. The van der Waals surface area contributed by atoms with Crippen LogP contribution in [0.5, 0.6) is 0 Å². The lowest BCUT2D eigenvalue weighted by Gasteiger charge is -2.35. The third-order valence-electron chi connectivity index (χ3n) is 5.52. The molecule has 2 heterocycles. The lowest BCUT2D eigenvalue weighted by atomic mass is 10.1. The number of rotatable bonds is 5. The summed E-state index contributed by atoms with van der Waals surface area (Å²) >= 11 is 0. The molecular weight excluding hydrogens is 421 g/mol. The molecule has 3 aromatic rings. The van der Waals surface area contributed by atoms with Crippen molar-refractivity contribution >= 4 is 10.0 Å². The Kier molecular flexibility index (Phi) is 5.89. The molecule has 2 N–H and O–H groups in total. The van der Waals surface area contributed by atoms with Crippen molar-refractivity contribution in [1.29, 1.82) is 0 Å². The Labute approximate surface area is 180 Å². The average molecular weight is 446 g/mol. The van der Waals surface area contributed by atoms with Crippen molar-refractivity contribution in [1.82, 2.24) is 24.4 Å². The van der Waals surface area contributed by atoms with Crippen LogP contribution in [0.25, 0.3) is 22.8 Å². The summed E-state index contributed by atoms with van der Waals surface area (Å²) in [7, 11) is -3.92. The predicted octanol–water partition coefficient (Wildman–Crippen LogP) is 2.23. The highest BCUT2D eigenvalue weighted by molar-refractivity contribution is 7.89. The van der Waals surface area contributed by atoms with E-state index in [9.17, 15) is 17.9 Å². The molecule has 0 aliphatic carbocycles. The van der Waals surface area contributed by atoms with Crippen molar-refractivity contribution < 1.29 is 17.9 Å². The minimum Gasteiger partial charge on any atom is -0.379 e. The van der Waals surface area contributed by atoms with Gasteiger partial charge in [0.1, 0.15) is 12.0 Å². The molecule has 1 unspecified atom stereocenters. The Morgan fingerprint density at radius 1 is 1.03 bits per heavy atom. The smallest absolute Gasteiger partial charge is 0.243 e. The molecule has 2 aromatic carbocycles. The monoisotopic (exact) mass is 445 g/mol. The van der Waals surface area contributed by atoms with Crippen molar-refractivity contribution in [2.24, 2.45) is 0 Å². The molecule has 8 nitrogen and oxygen atoms in total. The number of sulfonamides is 1. The van der Waals surface area contributed by atoms with Crippen LogP contribution in [-0.4, -0.2) is 70.3 Å². The van der Waals surface area contributed by atoms with E-state index in [-0.39, 0.29) is 29.4 Å². The van der Waals surface area contributed by atoms with Crippen molar-refractivity contribution in [3.05, 3.63) is 53.8 Å². The van der Waals surface area contributed by atoms with Gasteiger partial charge in [-0.15, -0.1) is 10.2 Å². The highest BCUT2D eigenvalue weighted by Gasteiger charge is 2.32. The first-order valence-electron chi connectivity index (χ1n) is 9.98. The molecule has 1 aliphatic rings. The number of aromatic amines is 1. The first-order valence-corrected chi connectivity index (χ1v) is 11.4. The summed E-state index contributed by atoms with van der Waals surface area (Å²) < 4.78 is 42.6. The number of aliphatic hydroxyl groups excluding tert-OH is 1. The second-order valence-electron chi connectivity index (χ2n) is 7.54. The van der Waals surface area contributed by atoms with Gasteiger partial charge in [-0.3, -0.25) is 4.90 Å². The van der Waals surface area contributed by atoms with E-state index in [4.69, 9.17) is 0 Å². The summed E-state index contributed by atoms with van der Waals surface area (Å²) in [6, 6.07) is 12.0. The number of H-pyrrole nitrogens is 1. The van der Waals surface area contributed by atoms with Crippen LogP contribution in [0.15, 0.2) is 47.4 Å². The van der Waals surface area contributed by atoms with Crippen molar-refractivity contribution in [2.45, 2.75) is 25.0 Å². The predicted molar refractivity (Wildman–Crippen MR) is 114 cm³/mol. The van der Waals surface area contributed by atoms with Crippen LogP contribution in [-0.2, 0) is 10.0 Å². The van der Waals surface area contributed by atoms with Gasteiger partial charge in [-0.1, -0.05) is 30.3 Å². The van der Waals surface area contributed by atoms with E-state index in [0.717, 1.165) is 5.56 Å². The van der Waals surface area contributed by atoms with Crippen LogP contribution in [0.2, 0.25) is 0 Å². The van der Waals surface area contributed by atoms with Crippen molar-refractivity contribution in [3.63, 3.8) is 0 Å². The Bertz CT molecular complexity index is 1170. The van der Waals surface area contributed by atoms with E-state index in [2.05, 4.69) is 15.2 Å². The highest BCUT2D eigenvalue weighted by Crippen LogP contribution is 2.29. The first-order chi connectivity index (χ1) is 14.8. The second kappa shape index (κ2) is 8.46. The van der Waals surface area contributed by atoms with E-state index in [1.54, 1.807) is 11.8 Å². The molecule has 0 saturated carbocycles. The number of hydrogen-bond donors (Lipinski definition) is 2. The van der Waals surface area contributed by atoms with E-state index in [1.165, 1.54) is 23.4 Å². The van der Waals surface area contributed by atoms with Gasteiger partial charge in [0.2, 0.25) is 10.0 Å². The van der Waals surface area contributed by atoms with E-state index >= 15 is 0 Å². The number of halogens is 1. The van der Waals surface area contributed by atoms with Gasteiger partial charge >= 0.3 is 0 Å². The van der Waals surface area contributed by atoms with Crippen LogP contribution in [0.4, 0.5) is 4.39 Å². The summed E-state index contributed by atoms with van der Waals surface area (Å²) in [6.45, 7) is 4.35. The fourth-order valence-electron chi connectivity index (χ4n) is 3.63. The molecule has 164 valence electrons. The molecule has 31 heavy (non-hydrogen) atoms. The Morgan fingerprint density at radius 3 is 2.26 bits per heavy atom. The molecule has 1 saturated heterocycles. The van der Waals surface area contributed by atoms with Gasteiger partial charge in [0.15, 0.2) is 11.6 Å². The van der Waals surface area contributed by atoms with Crippen molar-refractivity contribution in [2.75, 3.05) is 26.2 Å². The zero-order valence-corrected chi connectivity index (χ0v) is 18.1. The van der Waals surface area contributed by atoms with Gasteiger partial charge in [-0.2, -0.15) is 4.31 Å². The Balaban J connectivity index is 1.67. The number of nitrogens with zero attached hydrogens (tertiary/aromatic N) is 4. The van der Waals surface area contributed by atoms with Crippen LogP contribution >= 0.6 is 0 Å². The molecular formula is C21H24FN5O3S. The molecule has 1 fully saturated rings. The normalized spacial score (nSPS) is 17.0. The summed E-state index contributed by atoms with van der Waals surface area (Å²) in [5, 5.41) is 17.9. The Morgan fingerprint density at radius 2 is 1.65 bits per heavy atom. The summed E-state index contributed by atoms with van der Waals surface area (Å²) in [5.41, 5.74) is 1.18. The van der Waals surface area contributed by atoms with Crippen LogP contribution in [0.1, 0.15) is 12.5 Å². The zero-order valence-electron chi connectivity index (χ0n) is 17.3. The van der Waals surface area contributed by atoms with Gasteiger partial charge in [0.25, 0.3) is 0 Å². The minimum atomic E-state index is -3.92. The maximum absolute atomic E-state index is 14.7. The summed E-state index contributed by atoms with van der Waals surface area (Å²) in [6.07, 6.45) is -0.641. The number of benzene rings is 2. The first kappa shape index (κ1) is 21.6. The number of piperazine rings is 1. The quantitative estimate of drug-likeness (QED) is 0.624. The van der Waals surface area contributed by atoms with E-state index < -0.39 is 22.1 Å². The average Bonchev–Trinajstić information content (AvgIpc) is 3.26. The van der Waals surface area contributed by atoms with E-state index in [1.807, 2.05) is 30.3 Å². The third-order valence-corrected chi connectivity index (χ3v) is 7.55. The molecule has 0 radical (unpaired) electrons. The van der Waals surface area contributed by atoms with Crippen LogP contribution in [0.3, 0.4) is 0 Å². The number of aliphatic hydroxyl groups is 1. The van der Waals surface area contributed by atoms with Gasteiger partial charge in [0, 0.05) is 42.9 Å². The number of nitrogens with one attached hydrogen (secondary N) is 1. The Hall–Kier alpha value is -2.66. The third kappa shape index (κ3) is 4.24. The second-order valence-corrected chi connectivity index (χ2v) is 9.45. The minimum absolute atomic E-state index is 0.0597. The van der Waals surface area contributed by atoms with E-state index in [0.29, 0.717) is 24.5 Å². The molecule has 0 amide bonds. The highest BCUT2D eigenvalue weighted by atomic mass is 32.2. The van der Waals surface area contributed by atoms with Crippen LogP contribution in [0, 0.1) is 12.7 Å². The maximum Gasteiger partial charge on any atom is 0.243 e. The zero-order chi connectivity index (χ0) is 22.2. The van der Waals surface area contributed by atoms with Gasteiger partial charge < -0.3 is 10.1 Å². The molecule has 1 atom stereocenters. The molecule has 10 heteroatoms. The standard InChI is InChI=1S/C21H24FN5O3S/c1-14-18(22)12-17(21-23-20(24-25-21)16-6-4-3-5-7-16)13-19(14)31(29,30)27-10-8-26(9-11-27)15(2)28/h3-7,12-13,15,28H,8-11H2,1-2H3,(H,23,24,25). The SMILES string of the molecule is Cc1c(F)cc(-c2nnc(-c3ccccc3)[nH]2)cc1S(=O)(=O)N1CCN(C(C)O)CC1. The fraction of sp³-hybridized carbons (Fsp3) is 0.333. The molecule has 0 bridgehead atoms. The summed E-state index contributed by atoms with van der Waals surface area (Å²) in [4.78, 5) is 4.73. The topological polar surface area (TPSA) is 102 Å². The molecule has 0 spiro atoms. The van der Waals surface area contributed by atoms with Crippen molar-refractivity contribution in [3.8, 4) is 22.8 Å².